The number of amides is 3. The predicted molar refractivity (Wildman–Crippen MR) is 317 cm³/mol. The van der Waals surface area contributed by atoms with Crippen LogP contribution in [0.1, 0.15) is 59.7 Å². The van der Waals surface area contributed by atoms with E-state index in [2.05, 4.69) is 9.71 Å². The van der Waals surface area contributed by atoms with Crippen molar-refractivity contribution in [1.82, 2.24) is 15.9 Å². The Hall–Kier alpha value is -9.66. The molecule has 0 radical (unpaired) electrons. The van der Waals surface area contributed by atoms with Crippen LogP contribution in [0.25, 0.3) is 10.9 Å². The lowest BCUT2D eigenvalue weighted by molar-refractivity contribution is -0.154. The van der Waals surface area contributed by atoms with Crippen molar-refractivity contribution >= 4 is 62.2 Å². The van der Waals surface area contributed by atoms with Gasteiger partial charge >= 0.3 is 24.1 Å². The highest BCUT2D eigenvalue weighted by atomic mass is 32.2. The normalized spacial score (nSPS) is 20.1. The average Bonchev–Trinajstić information content (AvgIpc) is 1.60. The molecule has 10 rings (SSSR count). The zero-order valence-electron chi connectivity index (χ0n) is 49.6. The van der Waals surface area contributed by atoms with Crippen LogP contribution in [0.5, 0.6) is 17.2 Å². The third-order valence-corrected chi connectivity index (χ3v) is 17.5. The van der Waals surface area contributed by atoms with E-state index in [-0.39, 0.29) is 53.8 Å². The molecule has 26 heteroatoms. The topological polar surface area (TPSA) is 307 Å². The summed E-state index contributed by atoms with van der Waals surface area (Å²) in [6.45, 7) is 2.10. The summed E-state index contributed by atoms with van der Waals surface area (Å²) in [5, 5.41) is 17.8. The number of alkyl halides is 3. The molecule has 3 aliphatic carbocycles. The van der Waals surface area contributed by atoms with Crippen LogP contribution < -0.4 is 35.6 Å². The van der Waals surface area contributed by atoms with E-state index in [1.165, 1.54) is 39.5 Å². The molecular formula is C65H65F4N5O16S. The van der Waals surface area contributed by atoms with Crippen molar-refractivity contribution < 1.29 is 93.6 Å². The van der Waals surface area contributed by atoms with Gasteiger partial charge in [-0.2, -0.15) is 13.2 Å². The van der Waals surface area contributed by atoms with Crippen molar-refractivity contribution in [3.05, 3.63) is 191 Å². The number of anilines is 1. The van der Waals surface area contributed by atoms with Crippen LogP contribution in [0.2, 0.25) is 0 Å². The molecule has 0 unspecified atom stereocenters. The fourth-order valence-corrected chi connectivity index (χ4v) is 11.9. The summed E-state index contributed by atoms with van der Waals surface area (Å²) >= 11 is 0. The minimum absolute atomic E-state index is 0.00836. The zero-order valence-corrected chi connectivity index (χ0v) is 50.4. The Labute approximate surface area is 520 Å². The second kappa shape index (κ2) is 28.4. The van der Waals surface area contributed by atoms with E-state index < -0.39 is 97.3 Å². The summed E-state index contributed by atoms with van der Waals surface area (Å²) in [5.41, 5.74) is 8.37. The number of ether oxygens (including phenoxy) is 6. The highest BCUT2D eigenvalue weighted by Crippen LogP contribution is 2.58. The van der Waals surface area contributed by atoms with Gasteiger partial charge in [-0.3, -0.25) is 43.9 Å². The SMILES string of the molecule is CCOC(=O)[C@@]1(Cc2ccc(OCc3cc(C(F)(F)F)nc4ccc(F)cc34)cc2)C[C@@H]1C(=O)OC.COC(=O)[C@@]1(Cc2cccc(NS(=O)(=O)c3ccc(OC)cc3)c2)C[C@@H]1C(=O)NO.NC(=O)[C@@]1(Cc2ccc(OCc3ccccc3)cc2)C[C@@H]1C(=O)NO. The van der Waals surface area contributed by atoms with Gasteiger partial charge in [0.15, 0.2) is 0 Å². The maximum absolute atomic E-state index is 13.8. The van der Waals surface area contributed by atoms with Gasteiger partial charge in [0, 0.05) is 16.6 Å². The Bertz CT molecular complexity index is 3900. The van der Waals surface area contributed by atoms with E-state index in [1.807, 2.05) is 54.6 Å². The van der Waals surface area contributed by atoms with Crippen LogP contribution in [0.4, 0.5) is 23.2 Å². The number of carbonyl (C=O) groups excluding carboxylic acids is 6. The molecule has 3 amide bonds. The number of methoxy groups -OCH3 is 3. The summed E-state index contributed by atoms with van der Waals surface area (Å²) in [5.74, 6) is -4.09. The largest absolute Gasteiger partial charge is 0.497 e. The summed E-state index contributed by atoms with van der Waals surface area (Å²) in [7, 11) is 0.159. The third kappa shape index (κ3) is 16.0. The Morgan fingerprint density at radius 1 is 0.615 bits per heavy atom. The molecule has 21 nitrogen and oxygen atoms in total. The number of rotatable bonds is 23. The van der Waals surface area contributed by atoms with E-state index in [0.29, 0.717) is 48.6 Å². The first kappa shape index (κ1) is 67.3. The summed E-state index contributed by atoms with van der Waals surface area (Å²) in [6, 6.07) is 40.6. The molecule has 6 atom stereocenters. The van der Waals surface area contributed by atoms with Crippen LogP contribution in [0.15, 0.2) is 157 Å². The first-order chi connectivity index (χ1) is 43.4. The van der Waals surface area contributed by atoms with Crippen molar-refractivity contribution in [3.8, 4) is 17.2 Å². The zero-order chi connectivity index (χ0) is 65.9. The van der Waals surface area contributed by atoms with Crippen LogP contribution in [-0.2, 0) is 91.7 Å². The molecule has 7 aromatic rings. The molecule has 7 N–H and O–H groups in total. The molecule has 480 valence electrons. The average molecular weight is 1280 g/mol. The molecule has 3 aliphatic rings. The number of nitrogens with two attached hydrogens (primary N) is 1. The monoisotopic (exact) mass is 1280 g/mol. The number of esters is 3. The molecule has 1 heterocycles. The number of fused-ring (bicyclic) bond motifs is 1. The molecular weight excluding hydrogens is 1210 g/mol. The first-order valence-electron chi connectivity index (χ1n) is 28.3. The fraction of sp³-hybridized carbons (Fsp3) is 0.308. The number of nitrogens with zero attached hydrogens (tertiary/aromatic N) is 1. The molecule has 0 bridgehead atoms. The van der Waals surface area contributed by atoms with Crippen molar-refractivity contribution in [2.24, 2.45) is 39.7 Å². The lowest BCUT2D eigenvalue weighted by Crippen LogP contribution is -2.33. The molecule has 3 fully saturated rings. The van der Waals surface area contributed by atoms with Crippen molar-refractivity contribution in [2.75, 3.05) is 32.7 Å². The van der Waals surface area contributed by atoms with E-state index in [1.54, 1.807) is 78.5 Å². The van der Waals surface area contributed by atoms with E-state index in [4.69, 9.17) is 44.6 Å². The van der Waals surface area contributed by atoms with Gasteiger partial charge in [-0.1, -0.05) is 66.7 Å². The highest BCUT2D eigenvalue weighted by Gasteiger charge is 2.66. The smallest absolute Gasteiger partial charge is 0.433 e. The van der Waals surface area contributed by atoms with Crippen LogP contribution in [-0.4, -0.2) is 87.4 Å². The fourth-order valence-electron chi connectivity index (χ4n) is 10.9. The molecule has 0 aliphatic heterocycles. The van der Waals surface area contributed by atoms with Gasteiger partial charge in [-0.15, -0.1) is 0 Å². The quantitative estimate of drug-likeness (QED) is 0.0115. The number of benzene rings is 6. The maximum Gasteiger partial charge on any atom is 0.433 e. The molecule has 0 saturated heterocycles. The number of hydrogen-bond donors (Lipinski definition) is 6. The van der Waals surface area contributed by atoms with Gasteiger partial charge in [0.05, 0.1) is 72.3 Å². The maximum atomic E-state index is 13.8. The second-order valence-corrected chi connectivity index (χ2v) is 23.7. The number of hydrogen-bond acceptors (Lipinski definition) is 17. The van der Waals surface area contributed by atoms with Gasteiger partial charge in [0.2, 0.25) is 17.7 Å². The van der Waals surface area contributed by atoms with Crippen molar-refractivity contribution in [2.45, 2.75) is 69.7 Å². The van der Waals surface area contributed by atoms with Gasteiger partial charge in [0.1, 0.15) is 42.0 Å². The van der Waals surface area contributed by atoms with Crippen LogP contribution >= 0.6 is 0 Å². The Balaban J connectivity index is 0.000000179. The van der Waals surface area contributed by atoms with Gasteiger partial charge in [-0.25, -0.2) is 28.8 Å². The Morgan fingerprint density at radius 3 is 1.71 bits per heavy atom. The summed E-state index contributed by atoms with van der Waals surface area (Å²) < 4.78 is 113. The number of carbonyl (C=O) groups is 6. The molecule has 6 aromatic carbocycles. The number of hydroxylamine groups is 2. The number of pyridine rings is 1. The van der Waals surface area contributed by atoms with E-state index in [9.17, 15) is 54.7 Å². The Morgan fingerprint density at radius 2 is 1.15 bits per heavy atom. The summed E-state index contributed by atoms with van der Waals surface area (Å²) in [4.78, 5) is 75.6. The molecule has 91 heavy (non-hydrogen) atoms. The lowest BCUT2D eigenvalue weighted by atomic mass is 9.93. The number of halogens is 4. The molecule has 3 saturated carbocycles. The molecule has 1 aromatic heterocycles. The predicted octanol–water partition coefficient (Wildman–Crippen LogP) is 8.78. The highest BCUT2D eigenvalue weighted by molar-refractivity contribution is 7.92. The minimum Gasteiger partial charge on any atom is -0.497 e. The standard InChI is InChI=1S/C26H23F4NO5.C20H22N2O7S.C19H20N2O4/c1-3-35-24(33)25(13-20(25)23(32)34-2)12-15-4-7-18(8-5-15)36-14-16-10-22(26(28,29)30)31-21-9-6-17(27)11-19(16)21;1-28-15-6-8-16(9-7-15)30(26,27)22-14-5-3-4-13(10-14)11-20(19(24)29-2)12-17(20)18(23)21-25;20-18(23)19(11-16(19)17(22)21-24)10-13-6-8-15(9-7-13)25-12-14-4-2-1-3-5-14/h4-11,20H,3,12-14H2,1-2H3;3-10,17,22,25H,11-12H2,1-2H3,(H,21,23);1-9,16,24H,10-12H2,(H2,20,23)(H,21,22)/t20-,25+;17-,20+;16-,19+/m111/s1. The lowest BCUT2D eigenvalue weighted by Gasteiger charge is -2.16. The number of primary amides is 1. The number of aromatic nitrogens is 1. The van der Waals surface area contributed by atoms with Crippen molar-refractivity contribution in [3.63, 3.8) is 0 Å². The summed E-state index contributed by atoms with van der Waals surface area (Å²) in [6.07, 6.45) is -2.98. The van der Waals surface area contributed by atoms with Crippen molar-refractivity contribution in [1.29, 1.82) is 0 Å². The van der Waals surface area contributed by atoms with Crippen LogP contribution in [0, 0.1) is 39.8 Å². The Kier molecular flexibility index (Phi) is 21.0. The first-order valence-corrected chi connectivity index (χ1v) is 29.8. The second-order valence-electron chi connectivity index (χ2n) is 22.0. The minimum atomic E-state index is -4.67. The number of nitrogens with one attached hydrogen (secondary N) is 3. The van der Waals surface area contributed by atoms with E-state index in [0.717, 1.165) is 40.6 Å². The van der Waals surface area contributed by atoms with Gasteiger partial charge in [-0.05, 0) is 153 Å². The van der Waals surface area contributed by atoms with Gasteiger partial charge in [0.25, 0.3) is 10.0 Å². The third-order valence-electron chi connectivity index (χ3n) is 16.1. The molecule has 0 spiro atoms. The van der Waals surface area contributed by atoms with Gasteiger partial charge < -0.3 is 34.2 Å². The van der Waals surface area contributed by atoms with E-state index >= 15 is 0 Å². The van der Waals surface area contributed by atoms with Crippen LogP contribution in [0.3, 0.4) is 0 Å². The number of sulfonamides is 1.